The molecule has 2 nitrogen and oxygen atoms in total. The van der Waals surface area contributed by atoms with Crippen molar-refractivity contribution in [3.8, 4) is 0 Å². The second-order valence-electron chi connectivity index (χ2n) is 4.20. The zero-order valence-electron chi connectivity index (χ0n) is 8.44. The fraction of sp³-hybridized carbons (Fsp3) is 0.308. The first-order chi connectivity index (χ1) is 7.36. The van der Waals surface area contributed by atoms with Crippen molar-refractivity contribution in [2.24, 2.45) is 0 Å². The van der Waals surface area contributed by atoms with Crippen LogP contribution in [0.1, 0.15) is 34.7 Å². The standard InChI is InChI=1S/C13H13NO/c15-13-11-7-2-1-5-9(11)10-6-3-4-8-12(10)14-13/h1-2,4-5,7-8,10,12H,3,6H2,(H,14,15)/t10-,12-/m1/s1. The number of carbonyl (C=O) groups excluding carboxylic acids is 1. The average Bonchev–Trinajstić information content (AvgIpc) is 2.30. The van der Waals surface area contributed by atoms with Crippen molar-refractivity contribution in [3.63, 3.8) is 0 Å². The summed E-state index contributed by atoms with van der Waals surface area (Å²) in [7, 11) is 0. The van der Waals surface area contributed by atoms with Crippen LogP contribution in [0.4, 0.5) is 0 Å². The van der Waals surface area contributed by atoms with E-state index in [9.17, 15) is 4.79 Å². The van der Waals surface area contributed by atoms with Crippen LogP contribution in [0.15, 0.2) is 36.4 Å². The Hall–Kier alpha value is -1.57. The molecule has 1 aliphatic carbocycles. The minimum absolute atomic E-state index is 0.0680. The van der Waals surface area contributed by atoms with Crippen LogP contribution in [-0.2, 0) is 0 Å². The van der Waals surface area contributed by atoms with Gasteiger partial charge in [-0.1, -0.05) is 30.4 Å². The summed E-state index contributed by atoms with van der Waals surface area (Å²) in [5.74, 6) is 0.544. The summed E-state index contributed by atoms with van der Waals surface area (Å²) < 4.78 is 0. The van der Waals surface area contributed by atoms with E-state index in [0.717, 1.165) is 18.4 Å². The first-order valence-electron chi connectivity index (χ1n) is 5.43. The monoisotopic (exact) mass is 199 g/mol. The Morgan fingerprint density at radius 2 is 2.13 bits per heavy atom. The molecule has 1 amide bonds. The van der Waals surface area contributed by atoms with Crippen LogP contribution >= 0.6 is 0 Å². The van der Waals surface area contributed by atoms with Crippen molar-refractivity contribution >= 4 is 5.91 Å². The summed E-state index contributed by atoms with van der Waals surface area (Å²) in [5, 5.41) is 3.05. The second-order valence-corrected chi connectivity index (χ2v) is 4.20. The summed E-state index contributed by atoms with van der Waals surface area (Å²) in [4.78, 5) is 11.8. The van der Waals surface area contributed by atoms with Gasteiger partial charge in [-0.05, 0) is 24.5 Å². The van der Waals surface area contributed by atoms with Crippen LogP contribution in [0.25, 0.3) is 0 Å². The third kappa shape index (κ3) is 1.29. The molecule has 0 saturated heterocycles. The van der Waals surface area contributed by atoms with E-state index in [1.165, 1.54) is 5.56 Å². The highest BCUT2D eigenvalue weighted by Crippen LogP contribution is 2.34. The Morgan fingerprint density at radius 1 is 1.27 bits per heavy atom. The van der Waals surface area contributed by atoms with Gasteiger partial charge in [-0.2, -0.15) is 0 Å². The topological polar surface area (TPSA) is 29.1 Å². The molecule has 0 aromatic heterocycles. The molecule has 0 fully saturated rings. The lowest BCUT2D eigenvalue weighted by Crippen LogP contribution is -2.44. The number of benzene rings is 1. The number of nitrogens with one attached hydrogen (secondary N) is 1. The summed E-state index contributed by atoms with van der Waals surface area (Å²) >= 11 is 0. The molecule has 1 N–H and O–H groups in total. The van der Waals surface area contributed by atoms with E-state index in [4.69, 9.17) is 0 Å². The van der Waals surface area contributed by atoms with Gasteiger partial charge in [-0.3, -0.25) is 4.79 Å². The molecular weight excluding hydrogens is 186 g/mol. The Balaban J connectivity index is 2.12. The zero-order valence-corrected chi connectivity index (χ0v) is 8.44. The van der Waals surface area contributed by atoms with Crippen molar-refractivity contribution < 1.29 is 4.79 Å². The summed E-state index contributed by atoms with van der Waals surface area (Å²) in [5.41, 5.74) is 2.07. The summed E-state index contributed by atoms with van der Waals surface area (Å²) in [6.07, 6.45) is 6.54. The van der Waals surface area contributed by atoms with Gasteiger partial charge in [-0.25, -0.2) is 0 Å². The lowest BCUT2D eigenvalue weighted by atomic mass is 9.79. The highest BCUT2D eigenvalue weighted by Gasteiger charge is 2.32. The lowest BCUT2D eigenvalue weighted by Gasteiger charge is -2.34. The molecule has 0 bridgehead atoms. The van der Waals surface area contributed by atoms with Crippen LogP contribution in [0.2, 0.25) is 0 Å². The fourth-order valence-corrected chi connectivity index (χ4v) is 2.59. The van der Waals surface area contributed by atoms with E-state index in [2.05, 4.69) is 23.5 Å². The fourth-order valence-electron chi connectivity index (χ4n) is 2.59. The molecule has 1 aliphatic heterocycles. The molecule has 1 aromatic carbocycles. The normalized spacial score (nSPS) is 27.9. The van der Waals surface area contributed by atoms with Crippen LogP contribution in [0, 0.1) is 0 Å². The lowest BCUT2D eigenvalue weighted by molar-refractivity contribution is 0.0923. The highest BCUT2D eigenvalue weighted by atomic mass is 16.1. The molecule has 1 aromatic rings. The van der Waals surface area contributed by atoms with Gasteiger partial charge in [0.05, 0.1) is 6.04 Å². The van der Waals surface area contributed by atoms with E-state index >= 15 is 0 Å². The summed E-state index contributed by atoms with van der Waals surface area (Å²) in [6, 6.07) is 8.16. The van der Waals surface area contributed by atoms with Crippen LogP contribution < -0.4 is 5.32 Å². The van der Waals surface area contributed by atoms with E-state index < -0.39 is 0 Å². The van der Waals surface area contributed by atoms with E-state index in [-0.39, 0.29) is 11.9 Å². The average molecular weight is 199 g/mol. The number of fused-ring (bicyclic) bond motifs is 3. The van der Waals surface area contributed by atoms with Crippen molar-refractivity contribution in [1.29, 1.82) is 0 Å². The third-order valence-electron chi connectivity index (χ3n) is 3.32. The van der Waals surface area contributed by atoms with E-state index in [0.29, 0.717) is 5.92 Å². The Kier molecular flexibility index (Phi) is 1.88. The highest BCUT2D eigenvalue weighted by molar-refractivity contribution is 5.97. The maximum atomic E-state index is 11.8. The van der Waals surface area contributed by atoms with E-state index in [1.807, 2.05) is 18.2 Å². The number of amides is 1. The molecule has 2 aliphatic rings. The van der Waals surface area contributed by atoms with Crippen LogP contribution in [0.5, 0.6) is 0 Å². The predicted octanol–water partition coefficient (Wildman–Crippen LogP) is 2.23. The SMILES string of the molecule is O=C1N[C@@H]2C=CCC[C@@H]2c2ccccc21. The second kappa shape index (κ2) is 3.23. The first-order valence-corrected chi connectivity index (χ1v) is 5.43. The number of rotatable bonds is 0. The molecule has 3 rings (SSSR count). The maximum Gasteiger partial charge on any atom is 0.252 e. The predicted molar refractivity (Wildman–Crippen MR) is 58.8 cm³/mol. The maximum absolute atomic E-state index is 11.8. The molecule has 76 valence electrons. The first kappa shape index (κ1) is 8.72. The minimum atomic E-state index is 0.0680. The summed E-state index contributed by atoms with van der Waals surface area (Å²) in [6.45, 7) is 0. The Labute approximate surface area is 89.0 Å². The van der Waals surface area contributed by atoms with Crippen molar-refractivity contribution in [1.82, 2.24) is 5.32 Å². The van der Waals surface area contributed by atoms with Gasteiger partial charge in [-0.15, -0.1) is 0 Å². The van der Waals surface area contributed by atoms with Crippen LogP contribution in [-0.4, -0.2) is 11.9 Å². The minimum Gasteiger partial charge on any atom is -0.345 e. The van der Waals surface area contributed by atoms with Gasteiger partial charge in [0.15, 0.2) is 0 Å². The number of allylic oxidation sites excluding steroid dienone is 1. The Bertz CT molecular complexity index is 436. The third-order valence-corrected chi connectivity index (χ3v) is 3.32. The molecule has 0 unspecified atom stereocenters. The van der Waals surface area contributed by atoms with Crippen molar-refractivity contribution in [2.45, 2.75) is 24.8 Å². The molecule has 0 saturated carbocycles. The van der Waals surface area contributed by atoms with Gasteiger partial charge in [0, 0.05) is 11.5 Å². The number of hydrogen-bond donors (Lipinski definition) is 1. The van der Waals surface area contributed by atoms with E-state index in [1.54, 1.807) is 0 Å². The van der Waals surface area contributed by atoms with Gasteiger partial charge in [0.1, 0.15) is 0 Å². The van der Waals surface area contributed by atoms with Gasteiger partial charge >= 0.3 is 0 Å². The van der Waals surface area contributed by atoms with Crippen LogP contribution in [0.3, 0.4) is 0 Å². The molecule has 1 heterocycles. The quantitative estimate of drug-likeness (QED) is 0.638. The number of carbonyl (C=O) groups is 1. The van der Waals surface area contributed by atoms with Crippen molar-refractivity contribution in [2.75, 3.05) is 0 Å². The molecule has 2 atom stereocenters. The molecular formula is C13H13NO. The molecule has 2 heteroatoms. The smallest absolute Gasteiger partial charge is 0.252 e. The van der Waals surface area contributed by atoms with Crippen molar-refractivity contribution in [3.05, 3.63) is 47.5 Å². The van der Waals surface area contributed by atoms with Gasteiger partial charge in [0.25, 0.3) is 5.91 Å². The molecule has 15 heavy (non-hydrogen) atoms. The van der Waals surface area contributed by atoms with Gasteiger partial charge < -0.3 is 5.32 Å². The Morgan fingerprint density at radius 3 is 3.07 bits per heavy atom. The number of hydrogen-bond acceptors (Lipinski definition) is 1. The largest absolute Gasteiger partial charge is 0.345 e. The van der Waals surface area contributed by atoms with Gasteiger partial charge in [0.2, 0.25) is 0 Å². The molecule has 0 spiro atoms. The zero-order chi connectivity index (χ0) is 10.3. The molecule has 0 radical (unpaired) electrons.